The lowest BCUT2D eigenvalue weighted by Gasteiger charge is -2.16. The minimum Gasteiger partial charge on any atom is -0.456 e. The number of rotatable bonds is 6. The molecule has 0 aliphatic carbocycles. The highest BCUT2D eigenvalue weighted by atomic mass is 16.3. The van der Waals surface area contributed by atoms with Gasteiger partial charge in [0.1, 0.15) is 11.2 Å². The summed E-state index contributed by atoms with van der Waals surface area (Å²) in [4.78, 5) is 16.0. The van der Waals surface area contributed by atoms with Crippen LogP contribution in [0.25, 0.3) is 127 Å². The van der Waals surface area contributed by atoms with Gasteiger partial charge in [-0.25, -0.2) is 15.0 Å². The number of nitrogens with zero attached hydrogens (tertiary/aromatic N) is 4. The summed E-state index contributed by atoms with van der Waals surface area (Å²) in [6.45, 7) is 0. The first-order valence-electron chi connectivity index (χ1n) is 21.6. The van der Waals surface area contributed by atoms with Gasteiger partial charge < -0.3 is 8.98 Å². The van der Waals surface area contributed by atoms with Gasteiger partial charge in [0.15, 0.2) is 5.82 Å². The average Bonchev–Trinajstić information content (AvgIpc) is 3.91. The minimum atomic E-state index is 0.651. The molecule has 13 aromatic rings. The van der Waals surface area contributed by atoms with Gasteiger partial charge in [0.2, 0.25) is 0 Å². The first-order valence-corrected chi connectivity index (χ1v) is 21.6. The topological polar surface area (TPSA) is 56.7 Å². The average molecular weight is 817 g/mol. The molecule has 9 aromatic carbocycles. The Hall–Kier alpha value is -8.67. The van der Waals surface area contributed by atoms with E-state index in [1.54, 1.807) is 0 Å². The molecule has 4 heterocycles. The molecule has 13 rings (SSSR count). The zero-order chi connectivity index (χ0) is 42.1. The lowest BCUT2D eigenvalue weighted by molar-refractivity contribution is 0.669. The van der Waals surface area contributed by atoms with Crippen LogP contribution in [0.1, 0.15) is 0 Å². The largest absolute Gasteiger partial charge is 0.456 e. The summed E-state index contributed by atoms with van der Waals surface area (Å²) < 4.78 is 8.99. The predicted molar refractivity (Wildman–Crippen MR) is 264 cm³/mol. The number of hydrogen-bond donors (Lipinski definition) is 0. The molecule has 0 N–H and O–H groups in total. The standard InChI is InChI=1S/C59H36N4O/c1-3-17-37(18-4-1)49-36-50(62-59(61-49)41-23-16-24-42(34-41)63-51-30-12-8-25-43(51)44-26-9-13-31-52(44)63)39-21-15-22-40(33-39)58-47-35-54-57(46-28-10-14-32-53(46)64-54)55(38-19-5-2-6-20-38)56(47)45-27-7-11-29-48(45)60-58/h1-36H. The fourth-order valence-corrected chi connectivity index (χ4v) is 9.72. The molecule has 5 nitrogen and oxygen atoms in total. The fraction of sp³-hybridized carbons (Fsp3) is 0. The summed E-state index contributed by atoms with van der Waals surface area (Å²) in [7, 11) is 0. The highest BCUT2D eigenvalue weighted by Crippen LogP contribution is 2.46. The van der Waals surface area contributed by atoms with E-state index in [9.17, 15) is 0 Å². The van der Waals surface area contributed by atoms with Crippen molar-refractivity contribution in [1.29, 1.82) is 0 Å². The van der Waals surface area contributed by atoms with Crippen LogP contribution in [-0.4, -0.2) is 19.5 Å². The molecular formula is C59H36N4O. The third-order valence-electron chi connectivity index (χ3n) is 12.6. The van der Waals surface area contributed by atoms with E-state index in [1.807, 2.05) is 12.1 Å². The Morgan fingerprint density at radius 1 is 0.344 bits per heavy atom. The second-order valence-corrected chi connectivity index (χ2v) is 16.3. The SMILES string of the molecule is c1ccc(-c2cc(-c3cccc(-c4nc5ccccc5c5c(-c6ccccc6)c6c(cc45)oc4ccccc46)c3)nc(-c3cccc(-n4c5ccccc5c5ccccc54)c3)n2)cc1. The van der Waals surface area contributed by atoms with Gasteiger partial charge in [0.05, 0.1) is 33.6 Å². The van der Waals surface area contributed by atoms with E-state index < -0.39 is 0 Å². The van der Waals surface area contributed by atoms with E-state index in [4.69, 9.17) is 19.4 Å². The van der Waals surface area contributed by atoms with Crippen LogP contribution in [0.4, 0.5) is 0 Å². The normalized spacial score (nSPS) is 11.8. The van der Waals surface area contributed by atoms with Crippen molar-refractivity contribution >= 4 is 65.4 Å². The number of pyridine rings is 1. The Kier molecular flexibility index (Phi) is 8.15. The molecule has 0 saturated carbocycles. The van der Waals surface area contributed by atoms with E-state index in [-0.39, 0.29) is 0 Å². The van der Waals surface area contributed by atoms with Gasteiger partial charge >= 0.3 is 0 Å². The molecular weight excluding hydrogens is 781 g/mol. The second kappa shape index (κ2) is 14.5. The molecule has 0 bridgehead atoms. The quantitative estimate of drug-likeness (QED) is 0.157. The minimum absolute atomic E-state index is 0.651. The summed E-state index contributed by atoms with van der Waals surface area (Å²) in [6.07, 6.45) is 0. The smallest absolute Gasteiger partial charge is 0.160 e. The Bertz CT molecular complexity index is 3910. The summed E-state index contributed by atoms with van der Waals surface area (Å²) in [5.74, 6) is 0.651. The maximum atomic E-state index is 6.66. The molecule has 0 aliphatic rings. The van der Waals surface area contributed by atoms with Gasteiger partial charge in [-0.1, -0.05) is 164 Å². The molecule has 0 amide bonds. The summed E-state index contributed by atoms with van der Waals surface area (Å²) >= 11 is 0. The van der Waals surface area contributed by atoms with Crippen molar-refractivity contribution in [3.63, 3.8) is 0 Å². The third-order valence-corrected chi connectivity index (χ3v) is 12.6. The third kappa shape index (κ3) is 5.75. The Labute approximate surface area is 368 Å². The molecule has 0 atom stereocenters. The first-order chi connectivity index (χ1) is 31.7. The van der Waals surface area contributed by atoms with Crippen molar-refractivity contribution in [2.45, 2.75) is 0 Å². The molecule has 0 fully saturated rings. The number of aromatic nitrogens is 4. The number of para-hydroxylation sites is 4. The number of fused-ring (bicyclic) bond motifs is 9. The van der Waals surface area contributed by atoms with Crippen molar-refractivity contribution in [3.8, 4) is 62.0 Å². The highest BCUT2D eigenvalue weighted by molar-refractivity contribution is 6.27. The number of hydrogen-bond acceptors (Lipinski definition) is 4. The Balaban J connectivity index is 1.02. The molecule has 64 heavy (non-hydrogen) atoms. The second-order valence-electron chi connectivity index (χ2n) is 16.3. The Morgan fingerprint density at radius 3 is 1.69 bits per heavy atom. The van der Waals surface area contributed by atoms with E-state index in [0.717, 1.165) is 111 Å². The fourth-order valence-electron chi connectivity index (χ4n) is 9.72. The Morgan fingerprint density at radius 2 is 0.922 bits per heavy atom. The summed E-state index contributed by atoms with van der Waals surface area (Å²) in [5.41, 5.74) is 14.7. The highest BCUT2D eigenvalue weighted by Gasteiger charge is 2.22. The van der Waals surface area contributed by atoms with Crippen LogP contribution in [0.5, 0.6) is 0 Å². The van der Waals surface area contributed by atoms with E-state index in [2.05, 4.69) is 211 Å². The zero-order valence-corrected chi connectivity index (χ0v) is 34.5. The molecule has 0 radical (unpaired) electrons. The van der Waals surface area contributed by atoms with Crippen LogP contribution >= 0.6 is 0 Å². The lowest BCUT2D eigenvalue weighted by atomic mass is 9.89. The van der Waals surface area contributed by atoms with Gasteiger partial charge in [0.25, 0.3) is 0 Å². The van der Waals surface area contributed by atoms with Crippen molar-refractivity contribution in [1.82, 2.24) is 19.5 Å². The van der Waals surface area contributed by atoms with Crippen LogP contribution in [0.3, 0.4) is 0 Å². The number of furan rings is 1. The van der Waals surface area contributed by atoms with Gasteiger partial charge in [-0.15, -0.1) is 0 Å². The van der Waals surface area contributed by atoms with Crippen LogP contribution in [-0.2, 0) is 0 Å². The van der Waals surface area contributed by atoms with Gasteiger partial charge in [-0.2, -0.15) is 0 Å². The first kappa shape index (κ1) is 36.0. The maximum absolute atomic E-state index is 6.66. The molecule has 4 aromatic heterocycles. The van der Waals surface area contributed by atoms with E-state index in [1.165, 1.54) is 10.8 Å². The van der Waals surface area contributed by atoms with Crippen LogP contribution in [0.15, 0.2) is 223 Å². The van der Waals surface area contributed by atoms with E-state index >= 15 is 0 Å². The lowest BCUT2D eigenvalue weighted by Crippen LogP contribution is -1.98. The van der Waals surface area contributed by atoms with Gasteiger partial charge in [0, 0.05) is 71.2 Å². The monoisotopic (exact) mass is 816 g/mol. The van der Waals surface area contributed by atoms with Crippen molar-refractivity contribution in [3.05, 3.63) is 218 Å². The van der Waals surface area contributed by atoms with Crippen molar-refractivity contribution < 1.29 is 4.42 Å². The van der Waals surface area contributed by atoms with Crippen LogP contribution in [0, 0.1) is 0 Å². The molecule has 0 spiro atoms. The van der Waals surface area contributed by atoms with Crippen LogP contribution in [0.2, 0.25) is 0 Å². The van der Waals surface area contributed by atoms with Gasteiger partial charge in [-0.05, 0) is 60.2 Å². The molecule has 0 aliphatic heterocycles. The molecule has 0 saturated heterocycles. The van der Waals surface area contributed by atoms with E-state index in [0.29, 0.717) is 5.82 Å². The van der Waals surface area contributed by atoms with Crippen molar-refractivity contribution in [2.75, 3.05) is 0 Å². The zero-order valence-electron chi connectivity index (χ0n) is 34.5. The molecule has 0 unspecified atom stereocenters. The molecule has 298 valence electrons. The summed E-state index contributed by atoms with van der Waals surface area (Å²) in [5, 5.41) is 7.91. The maximum Gasteiger partial charge on any atom is 0.160 e. The van der Waals surface area contributed by atoms with Crippen LogP contribution < -0.4 is 0 Å². The van der Waals surface area contributed by atoms with Crippen molar-refractivity contribution in [2.24, 2.45) is 0 Å². The van der Waals surface area contributed by atoms with Gasteiger partial charge in [-0.3, -0.25) is 0 Å². The predicted octanol–water partition coefficient (Wildman–Crippen LogP) is 15.5. The summed E-state index contributed by atoms with van der Waals surface area (Å²) in [6, 6.07) is 76.5. The number of benzene rings is 9. The molecule has 5 heteroatoms.